The lowest BCUT2D eigenvalue weighted by Gasteiger charge is -2.29. The van der Waals surface area contributed by atoms with Crippen molar-refractivity contribution < 1.29 is 21.2 Å². The SMILES string of the molecule is [2H]c1c([2H])c([2H])c(-c2cccc(-c3cc(C(C)(C)C)cc(C(C)(C)C)c3)c2N2CN(c3cccc(Oc4ccc5c6c([2H])c([2H])c([2H])c([2H])c6n(-c6cc(C([2H])([2H])[2H])ccn6)c5c4)c3)c3ccccc32)c([2H])c1[2H]. The highest BCUT2D eigenvalue weighted by molar-refractivity contribution is 6.09. The van der Waals surface area contributed by atoms with E-state index in [2.05, 4.69) is 74.5 Å². The third-order valence-corrected chi connectivity index (χ3v) is 11.5. The highest BCUT2D eigenvalue weighted by Crippen LogP contribution is 2.51. The molecular formula is C57H52N4O. The van der Waals surface area contributed by atoms with Gasteiger partial charge in [-0.1, -0.05) is 144 Å². The van der Waals surface area contributed by atoms with Crippen molar-refractivity contribution in [3.8, 4) is 39.6 Å². The molecule has 1 aliphatic heterocycles. The molecule has 10 rings (SSSR count). The van der Waals surface area contributed by atoms with Gasteiger partial charge in [-0.2, -0.15) is 0 Å². The molecule has 62 heavy (non-hydrogen) atoms. The van der Waals surface area contributed by atoms with E-state index in [4.69, 9.17) is 18.4 Å². The summed E-state index contributed by atoms with van der Waals surface area (Å²) in [6, 6.07) is 32.5. The van der Waals surface area contributed by atoms with E-state index in [0.29, 0.717) is 33.7 Å². The predicted molar refractivity (Wildman–Crippen MR) is 260 cm³/mol. The number of hydrogen-bond acceptors (Lipinski definition) is 4. The first-order valence-electron chi connectivity index (χ1n) is 26.6. The average molecular weight is 821 g/mol. The molecule has 0 aliphatic carbocycles. The normalized spacial score (nSPS) is 15.9. The van der Waals surface area contributed by atoms with Gasteiger partial charge >= 0.3 is 0 Å². The Morgan fingerprint density at radius 2 is 1.26 bits per heavy atom. The van der Waals surface area contributed by atoms with E-state index < -0.39 is 37.1 Å². The van der Waals surface area contributed by atoms with Gasteiger partial charge in [0.15, 0.2) is 0 Å². The van der Waals surface area contributed by atoms with Crippen LogP contribution >= 0.6 is 0 Å². The number of hydrogen-bond donors (Lipinski definition) is 0. The first-order chi connectivity index (χ1) is 34.8. The number of benzene rings is 7. The van der Waals surface area contributed by atoms with Gasteiger partial charge in [0.25, 0.3) is 0 Å². The van der Waals surface area contributed by atoms with Crippen molar-refractivity contribution in [1.29, 1.82) is 0 Å². The van der Waals surface area contributed by atoms with Gasteiger partial charge in [-0.25, -0.2) is 4.98 Å². The molecular weight excluding hydrogens is 757 g/mol. The molecule has 0 saturated heterocycles. The van der Waals surface area contributed by atoms with Crippen molar-refractivity contribution in [2.24, 2.45) is 0 Å². The van der Waals surface area contributed by atoms with Crippen LogP contribution in [0.1, 0.15) is 74.7 Å². The van der Waals surface area contributed by atoms with Crippen LogP contribution < -0.4 is 14.5 Å². The fourth-order valence-corrected chi connectivity index (χ4v) is 8.32. The Balaban J connectivity index is 1.11. The quantitative estimate of drug-likeness (QED) is 0.160. The Hall–Kier alpha value is -7.11. The Morgan fingerprint density at radius 1 is 0.581 bits per heavy atom. The lowest BCUT2D eigenvalue weighted by molar-refractivity contribution is 0.483. The van der Waals surface area contributed by atoms with Crippen molar-refractivity contribution in [3.63, 3.8) is 0 Å². The highest BCUT2D eigenvalue weighted by Gasteiger charge is 2.32. The molecule has 0 radical (unpaired) electrons. The summed E-state index contributed by atoms with van der Waals surface area (Å²) >= 11 is 0. The molecule has 0 spiro atoms. The molecule has 3 heterocycles. The summed E-state index contributed by atoms with van der Waals surface area (Å²) in [6.45, 7) is 10.9. The third kappa shape index (κ3) is 7.07. The lowest BCUT2D eigenvalue weighted by atomic mass is 9.78. The van der Waals surface area contributed by atoms with E-state index in [9.17, 15) is 2.74 Å². The zero-order chi connectivity index (χ0) is 53.1. The van der Waals surface area contributed by atoms with Gasteiger partial charge in [0.05, 0.1) is 40.4 Å². The molecule has 5 heteroatoms. The molecule has 7 aromatic carbocycles. The average Bonchev–Trinajstić information content (AvgIpc) is 3.94. The minimum absolute atomic E-state index is 0.0165. The van der Waals surface area contributed by atoms with E-state index in [-0.39, 0.29) is 69.5 Å². The standard InChI is InChI=1S/C57H52N4O/c1-38-29-30-58-54(31-38)61-50-24-12-11-21-48(50)49-28-27-45(36-53(49)61)62-44-20-15-19-43(35-44)59-37-60(52-26-14-13-25-51(52)59)55-46(39-17-9-8-10-18-39)22-16-23-47(55)40-32-41(56(2,3)4)34-42(33-40)57(5,6)7/h8-36H,37H2,1-7H3/i1D3,8D,9D,10D,11D,12D,17D,18D,21D,24D. The second-order valence-electron chi connectivity index (χ2n) is 17.7. The Bertz CT molecular complexity index is 3720. The minimum Gasteiger partial charge on any atom is -0.457 e. The number of aryl methyl sites for hydroxylation is 1. The topological polar surface area (TPSA) is 33.5 Å². The van der Waals surface area contributed by atoms with Gasteiger partial charge in [-0.05, 0) is 100 Å². The Labute approximate surface area is 382 Å². The van der Waals surface area contributed by atoms with Gasteiger partial charge in [0.1, 0.15) is 24.0 Å². The molecule has 306 valence electrons. The molecule has 0 N–H and O–H groups in total. The maximum Gasteiger partial charge on any atom is 0.137 e. The number of fused-ring (bicyclic) bond motifs is 4. The summed E-state index contributed by atoms with van der Waals surface area (Å²) in [5.74, 6) is 0.989. The van der Waals surface area contributed by atoms with Crippen molar-refractivity contribution in [2.75, 3.05) is 16.5 Å². The summed E-state index contributed by atoms with van der Waals surface area (Å²) in [4.78, 5) is 8.76. The molecule has 1 aliphatic rings. The van der Waals surface area contributed by atoms with Crippen LogP contribution in [0.2, 0.25) is 0 Å². The van der Waals surface area contributed by atoms with Crippen molar-refractivity contribution in [3.05, 3.63) is 193 Å². The van der Waals surface area contributed by atoms with Gasteiger partial charge in [0, 0.05) is 50.0 Å². The molecule has 0 unspecified atom stereocenters. The molecule has 0 fully saturated rings. The number of anilines is 4. The van der Waals surface area contributed by atoms with Crippen molar-refractivity contribution in [1.82, 2.24) is 9.55 Å². The second-order valence-corrected chi connectivity index (χ2v) is 17.7. The number of para-hydroxylation sites is 4. The van der Waals surface area contributed by atoms with Crippen LogP contribution in [0.5, 0.6) is 11.5 Å². The maximum atomic E-state index is 9.20. The smallest absolute Gasteiger partial charge is 0.137 e. The summed E-state index contributed by atoms with van der Waals surface area (Å²) < 4.78 is 112. The predicted octanol–water partition coefficient (Wildman–Crippen LogP) is 15.5. The minimum atomic E-state index is -2.47. The third-order valence-electron chi connectivity index (χ3n) is 11.5. The molecule has 9 aromatic rings. The van der Waals surface area contributed by atoms with Gasteiger partial charge in [-0.3, -0.25) is 4.57 Å². The fourth-order valence-electron chi connectivity index (χ4n) is 8.32. The number of rotatable bonds is 7. The number of pyridine rings is 1. The first-order valence-corrected chi connectivity index (χ1v) is 20.6. The van der Waals surface area contributed by atoms with Gasteiger partial charge < -0.3 is 14.5 Å². The zero-order valence-corrected chi connectivity index (χ0v) is 35.5. The van der Waals surface area contributed by atoms with Crippen LogP contribution in [0.25, 0.3) is 49.9 Å². The highest BCUT2D eigenvalue weighted by atomic mass is 16.5. The summed E-state index contributed by atoms with van der Waals surface area (Å²) in [7, 11) is 0. The maximum absolute atomic E-state index is 9.20. The van der Waals surface area contributed by atoms with E-state index >= 15 is 0 Å². The van der Waals surface area contributed by atoms with E-state index in [1.54, 1.807) is 22.8 Å². The zero-order valence-electron chi connectivity index (χ0n) is 47.5. The molecule has 2 aromatic heterocycles. The number of aromatic nitrogens is 2. The molecule has 0 amide bonds. The van der Waals surface area contributed by atoms with Crippen LogP contribution in [-0.4, -0.2) is 16.2 Å². The Kier molecular flexibility index (Phi) is 6.74. The first kappa shape index (κ1) is 27.7. The summed E-state index contributed by atoms with van der Waals surface area (Å²) in [6.07, 6.45) is 1.37. The summed E-state index contributed by atoms with van der Waals surface area (Å²) in [5.41, 5.74) is 7.84. The lowest BCUT2D eigenvalue weighted by Crippen LogP contribution is -2.25. The van der Waals surface area contributed by atoms with Crippen LogP contribution in [0.4, 0.5) is 22.7 Å². The largest absolute Gasteiger partial charge is 0.457 e. The van der Waals surface area contributed by atoms with E-state index in [0.717, 1.165) is 39.3 Å². The van der Waals surface area contributed by atoms with Crippen LogP contribution in [-0.2, 0) is 10.8 Å². The molecule has 0 bridgehead atoms. The Morgan fingerprint density at radius 3 is 2.00 bits per heavy atom. The monoisotopic (exact) mass is 820 g/mol. The fraction of sp³-hybridized carbons (Fsp3) is 0.175. The molecule has 5 nitrogen and oxygen atoms in total. The molecule has 0 saturated carbocycles. The van der Waals surface area contributed by atoms with Crippen molar-refractivity contribution >= 4 is 44.6 Å². The number of nitrogens with zero attached hydrogens (tertiary/aromatic N) is 4. The second kappa shape index (κ2) is 15.1. The molecule has 0 atom stereocenters. The summed E-state index contributed by atoms with van der Waals surface area (Å²) in [5, 5.41) is 0.747. The van der Waals surface area contributed by atoms with E-state index in [1.165, 1.54) is 18.3 Å². The van der Waals surface area contributed by atoms with Crippen LogP contribution in [0, 0.1) is 6.85 Å². The van der Waals surface area contributed by atoms with E-state index in [1.807, 2.05) is 66.7 Å². The number of ether oxygens (including phenoxy) is 1. The van der Waals surface area contributed by atoms with Gasteiger partial charge in [0.2, 0.25) is 0 Å². The van der Waals surface area contributed by atoms with Crippen molar-refractivity contribution in [2.45, 2.75) is 59.2 Å². The van der Waals surface area contributed by atoms with Crippen LogP contribution in [0.3, 0.4) is 0 Å². The van der Waals surface area contributed by atoms with Crippen LogP contribution in [0.15, 0.2) is 176 Å². The van der Waals surface area contributed by atoms with Gasteiger partial charge in [-0.15, -0.1) is 0 Å².